The Morgan fingerprint density at radius 1 is 1.33 bits per heavy atom. The van der Waals surface area contributed by atoms with Crippen molar-refractivity contribution in [1.29, 1.82) is 0 Å². The summed E-state index contributed by atoms with van der Waals surface area (Å²) < 4.78 is 0.780. The molecule has 2 rings (SSSR count). The van der Waals surface area contributed by atoms with Gasteiger partial charge in [0.05, 0.1) is 12.1 Å². The lowest BCUT2D eigenvalue weighted by atomic mass is 9.77. The minimum atomic E-state index is -0.241. The van der Waals surface area contributed by atoms with Crippen LogP contribution in [0.2, 0.25) is 0 Å². The second-order valence-corrected chi connectivity index (χ2v) is 8.21. The van der Waals surface area contributed by atoms with Gasteiger partial charge in [-0.2, -0.15) is 0 Å². The van der Waals surface area contributed by atoms with E-state index in [1.54, 1.807) is 0 Å². The molecule has 118 valence electrons. The molecular formula is C16H26BrN3O. The number of nitrogens with zero attached hydrogens (tertiary/aromatic N) is 2. The molecule has 0 aromatic carbocycles. The average Bonchev–Trinajstić information content (AvgIpc) is 2.40. The van der Waals surface area contributed by atoms with Gasteiger partial charge in [-0.3, -0.25) is 0 Å². The highest BCUT2D eigenvalue weighted by molar-refractivity contribution is 9.10. The molecule has 1 heterocycles. The van der Waals surface area contributed by atoms with E-state index in [1.165, 1.54) is 0 Å². The minimum Gasteiger partial charge on any atom is -0.394 e. The average molecular weight is 356 g/mol. The first-order valence-corrected chi connectivity index (χ1v) is 8.47. The van der Waals surface area contributed by atoms with Crippen LogP contribution in [0.5, 0.6) is 0 Å². The zero-order chi connectivity index (χ0) is 15.7. The maximum Gasteiger partial charge on any atom is 0.137 e. The van der Waals surface area contributed by atoms with E-state index in [0.717, 1.165) is 47.8 Å². The number of aliphatic hydroxyl groups excluding tert-OH is 1. The maximum atomic E-state index is 9.87. The van der Waals surface area contributed by atoms with Gasteiger partial charge in [0.15, 0.2) is 0 Å². The molecule has 1 aliphatic rings. The van der Waals surface area contributed by atoms with Gasteiger partial charge < -0.3 is 10.4 Å². The van der Waals surface area contributed by atoms with Gasteiger partial charge in [0, 0.05) is 11.5 Å². The van der Waals surface area contributed by atoms with Crippen LogP contribution in [0.25, 0.3) is 0 Å². The topological polar surface area (TPSA) is 58.0 Å². The van der Waals surface area contributed by atoms with Crippen molar-refractivity contribution in [2.24, 2.45) is 5.92 Å². The summed E-state index contributed by atoms with van der Waals surface area (Å²) in [6, 6.07) is 1.89. The van der Waals surface area contributed by atoms with E-state index < -0.39 is 0 Å². The Bertz CT molecular complexity index is 491. The molecule has 1 aromatic heterocycles. The Kier molecular flexibility index (Phi) is 4.93. The van der Waals surface area contributed by atoms with Gasteiger partial charge in [0.1, 0.15) is 16.2 Å². The van der Waals surface area contributed by atoms with Crippen LogP contribution in [0.3, 0.4) is 0 Å². The second kappa shape index (κ2) is 6.21. The Morgan fingerprint density at radius 3 is 2.48 bits per heavy atom. The van der Waals surface area contributed by atoms with Crippen molar-refractivity contribution in [2.45, 2.75) is 64.3 Å². The summed E-state index contributed by atoms with van der Waals surface area (Å²) in [6.07, 6.45) is 4.26. The van der Waals surface area contributed by atoms with Crippen molar-refractivity contribution in [2.75, 3.05) is 11.9 Å². The van der Waals surface area contributed by atoms with Crippen LogP contribution in [-0.4, -0.2) is 27.2 Å². The molecule has 0 atom stereocenters. The number of hydrogen-bond acceptors (Lipinski definition) is 4. The monoisotopic (exact) mass is 355 g/mol. The normalized spacial score (nSPS) is 26.7. The number of halogens is 1. The van der Waals surface area contributed by atoms with E-state index in [9.17, 15) is 5.11 Å². The van der Waals surface area contributed by atoms with Gasteiger partial charge in [-0.15, -0.1) is 0 Å². The Balaban J connectivity index is 2.24. The summed E-state index contributed by atoms with van der Waals surface area (Å²) in [5, 5.41) is 13.4. The molecule has 0 saturated heterocycles. The van der Waals surface area contributed by atoms with Crippen LogP contribution in [-0.2, 0) is 5.41 Å². The highest BCUT2D eigenvalue weighted by Gasteiger charge is 2.34. The van der Waals surface area contributed by atoms with Crippen LogP contribution in [0, 0.1) is 5.92 Å². The number of hydrogen-bond donors (Lipinski definition) is 2. The van der Waals surface area contributed by atoms with Crippen molar-refractivity contribution < 1.29 is 5.11 Å². The molecule has 1 aromatic rings. The van der Waals surface area contributed by atoms with Crippen molar-refractivity contribution in [3.8, 4) is 0 Å². The first-order valence-electron chi connectivity index (χ1n) is 7.68. The number of nitrogens with one attached hydrogen (secondary N) is 1. The van der Waals surface area contributed by atoms with Crippen molar-refractivity contribution in [1.82, 2.24) is 9.97 Å². The molecule has 0 aliphatic heterocycles. The molecular weight excluding hydrogens is 330 g/mol. The minimum absolute atomic E-state index is 0.104. The Morgan fingerprint density at radius 2 is 1.95 bits per heavy atom. The third-order valence-corrected chi connectivity index (χ3v) is 4.70. The standard InChI is InChI=1S/C16H26BrN3O/c1-11-5-7-16(10-21,8-6-11)20-13-9-12(17)18-14(19-13)15(2,3)4/h9,11,21H,5-8,10H2,1-4H3,(H,18,19,20). The molecule has 0 radical (unpaired) electrons. The van der Waals surface area contributed by atoms with Gasteiger partial charge >= 0.3 is 0 Å². The second-order valence-electron chi connectivity index (χ2n) is 7.40. The summed E-state index contributed by atoms with van der Waals surface area (Å²) in [5.74, 6) is 2.34. The van der Waals surface area contributed by atoms with Crippen LogP contribution in [0.15, 0.2) is 10.7 Å². The predicted molar refractivity (Wildman–Crippen MR) is 89.5 cm³/mol. The SMILES string of the molecule is CC1CCC(CO)(Nc2cc(Br)nc(C(C)(C)C)n2)CC1. The largest absolute Gasteiger partial charge is 0.394 e. The third kappa shape index (κ3) is 4.16. The van der Waals surface area contributed by atoms with Crippen LogP contribution >= 0.6 is 15.9 Å². The molecule has 4 nitrogen and oxygen atoms in total. The van der Waals surface area contributed by atoms with E-state index in [4.69, 9.17) is 0 Å². The molecule has 0 spiro atoms. The highest BCUT2D eigenvalue weighted by Crippen LogP contribution is 2.34. The molecule has 21 heavy (non-hydrogen) atoms. The Labute approximate surface area is 135 Å². The predicted octanol–water partition coefficient (Wildman–Crippen LogP) is 3.89. The van der Waals surface area contributed by atoms with Crippen LogP contribution < -0.4 is 5.32 Å². The molecule has 0 amide bonds. The zero-order valence-electron chi connectivity index (χ0n) is 13.4. The van der Waals surface area contributed by atoms with Gasteiger partial charge in [-0.1, -0.05) is 27.7 Å². The summed E-state index contributed by atoms with van der Waals surface area (Å²) in [4.78, 5) is 9.11. The summed E-state index contributed by atoms with van der Waals surface area (Å²) in [5.41, 5.74) is -0.344. The smallest absolute Gasteiger partial charge is 0.137 e. The van der Waals surface area contributed by atoms with Gasteiger partial charge in [0.25, 0.3) is 0 Å². The third-order valence-electron chi connectivity index (χ3n) is 4.29. The van der Waals surface area contributed by atoms with Crippen molar-refractivity contribution >= 4 is 21.7 Å². The molecule has 1 aliphatic carbocycles. The zero-order valence-corrected chi connectivity index (χ0v) is 15.0. The number of aliphatic hydroxyl groups is 1. The van der Waals surface area contributed by atoms with Gasteiger partial charge in [0.2, 0.25) is 0 Å². The molecule has 2 N–H and O–H groups in total. The molecule has 1 saturated carbocycles. The fraction of sp³-hybridized carbons (Fsp3) is 0.750. The lowest BCUT2D eigenvalue weighted by Crippen LogP contribution is -2.45. The molecule has 0 bridgehead atoms. The molecule has 1 fully saturated rings. The van der Waals surface area contributed by atoms with E-state index in [0.29, 0.717) is 0 Å². The first-order chi connectivity index (χ1) is 9.74. The van der Waals surface area contributed by atoms with Crippen LogP contribution in [0.1, 0.15) is 59.2 Å². The molecule has 5 heteroatoms. The fourth-order valence-electron chi connectivity index (χ4n) is 2.73. The lowest BCUT2D eigenvalue weighted by Gasteiger charge is -2.39. The van der Waals surface area contributed by atoms with Gasteiger partial charge in [-0.25, -0.2) is 9.97 Å². The van der Waals surface area contributed by atoms with Crippen molar-refractivity contribution in [3.63, 3.8) is 0 Å². The first kappa shape index (κ1) is 16.7. The summed E-state index contributed by atoms with van der Waals surface area (Å²) in [6.45, 7) is 8.72. The highest BCUT2D eigenvalue weighted by atomic mass is 79.9. The van der Waals surface area contributed by atoms with Crippen molar-refractivity contribution in [3.05, 3.63) is 16.5 Å². The number of rotatable bonds is 3. The maximum absolute atomic E-state index is 9.87. The van der Waals surface area contributed by atoms with E-state index in [-0.39, 0.29) is 17.6 Å². The lowest BCUT2D eigenvalue weighted by molar-refractivity contribution is 0.155. The Hall–Kier alpha value is -0.680. The number of aromatic nitrogens is 2. The summed E-state index contributed by atoms with van der Waals surface area (Å²) in [7, 11) is 0. The van der Waals surface area contributed by atoms with Gasteiger partial charge in [-0.05, 0) is 47.5 Å². The van der Waals surface area contributed by atoms with Crippen LogP contribution in [0.4, 0.5) is 5.82 Å². The molecule has 0 unspecified atom stereocenters. The van der Waals surface area contributed by atoms with E-state index in [2.05, 4.69) is 58.9 Å². The number of anilines is 1. The van der Waals surface area contributed by atoms with E-state index in [1.807, 2.05) is 6.07 Å². The fourth-order valence-corrected chi connectivity index (χ4v) is 3.11. The van der Waals surface area contributed by atoms with E-state index >= 15 is 0 Å². The summed E-state index contributed by atoms with van der Waals surface area (Å²) >= 11 is 3.47. The quantitative estimate of drug-likeness (QED) is 0.807.